The fraction of sp³-hybridized carbons (Fsp3) is 0.556. The van der Waals surface area contributed by atoms with Gasteiger partial charge in [0, 0.05) is 6.42 Å². The smallest absolute Gasteiger partial charge is 0.338 e. The van der Waals surface area contributed by atoms with Gasteiger partial charge < -0.3 is 5.11 Å². The van der Waals surface area contributed by atoms with Crippen molar-refractivity contribution in [1.82, 2.24) is 0 Å². The van der Waals surface area contributed by atoms with Gasteiger partial charge in [-0.25, -0.2) is 4.79 Å². The van der Waals surface area contributed by atoms with E-state index in [0.717, 1.165) is 0 Å². The van der Waals surface area contributed by atoms with Gasteiger partial charge in [-0.1, -0.05) is 19.9 Å². The molecule has 0 saturated carbocycles. The highest BCUT2D eigenvalue weighted by Crippen LogP contribution is 2.04. The molecule has 0 aliphatic rings. The average Bonchev–Trinajstić information content (AvgIpc) is 1.99. The number of ketones is 1. The van der Waals surface area contributed by atoms with Gasteiger partial charge in [-0.2, -0.15) is 0 Å². The molecule has 0 aliphatic heterocycles. The number of hydrogen-bond acceptors (Lipinski definition) is 2. The Bertz CT molecular complexity index is 204. The zero-order valence-corrected chi connectivity index (χ0v) is 7.46. The topological polar surface area (TPSA) is 54.4 Å². The molecule has 0 aromatic rings. The molecular formula is C9H14O3. The number of rotatable bonds is 5. The van der Waals surface area contributed by atoms with E-state index in [4.69, 9.17) is 5.11 Å². The molecule has 0 saturated heterocycles. The lowest BCUT2D eigenvalue weighted by atomic mass is 10.1. The van der Waals surface area contributed by atoms with Crippen LogP contribution in [0.1, 0.15) is 33.1 Å². The van der Waals surface area contributed by atoms with E-state index < -0.39 is 5.97 Å². The molecule has 0 aromatic heterocycles. The summed E-state index contributed by atoms with van der Waals surface area (Å²) in [7, 11) is 0. The molecule has 0 rings (SSSR count). The molecule has 12 heavy (non-hydrogen) atoms. The molecule has 0 aliphatic carbocycles. The van der Waals surface area contributed by atoms with Gasteiger partial charge in [-0.15, -0.1) is 0 Å². The Labute approximate surface area is 72.1 Å². The van der Waals surface area contributed by atoms with E-state index >= 15 is 0 Å². The second-order valence-corrected chi connectivity index (χ2v) is 2.50. The maximum atomic E-state index is 11.1. The molecular weight excluding hydrogens is 156 g/mol. The summed E-state index contributed by atoms with van der Waals surface area (Å²) in [5, 5.41) is 8.61. The number of carboxylic acids is 1. The molecule has 0 fully saturated rings. The molecule has 0 atom stereocenters. The van der Waals surface area contributed by atoms with E-state index in [0.29, 0.717) is 19.3 Å². The fourth-order valence-electron chi connectivity index (χ4n) is 0.886. The zero-order valence-electron chi connectivity index (χ0n) is 7.46. The van der Waals surface area contributed by atoms with Crippen molar-refractivity contribution in [3.63, 3.8) is 0 Å². The number of hydrogen-bond donors (Lipinski definition) is 1. The second-order valence-electron chi connectivity index (χ2n) is 2.50. The number of Topliss-reactive ketones (excluding diaryl/α,β-unsaturated/α-hetero) is 1. The first kappa shape index (κ1) is 10.9. The third-order valence-corrected chi connectivity index (χ3v) is 1.42. The molecule has 0 amide bonds. The van der Waals surface area contributed by atoms with Crippen LogP contribution in [-0.4, -0.2) is 16.9 Å². The van der Waals surface area contributed by atoms with Crippen molar-refractivity contribution in [2.45, 2.75) is 33.1 Å². The number of carbonyl (C=O) groups excluding carboxylic acids is 1. The van der Waals surface area contributed by atoms with E-state index in [1.807, 2.05) is 13.8 Å². The quantitative estimate of drug-likeness (QED) is 0.388. The Hall–Kier alpha value is -1.12. The highest BCUT2D eigenvalue weighted by Gasteiger charge is 2.14. The summed E-state index contributed by atoms with van der Waals surface area (Å²) in [6.45, 7) is 3.66. The van der Waals surface area contributed by atoms with Crippen molar-refractivity contribution >= 4 is 11.8 Å². The Morgan fingerprint density at radius 1 is 1.33 bits per heavy atom. The van der Waals surface area contributed by atoms with Gasteiger partial charge >= 0.3 is 5.97 Å². The van der Waals surface area contributed by atoms with Crippen LogP contribution in [0.15, 0.2) is 11.6 Å². The van der Waals surface area contributed by atoms with Crippen LogP contribution in [-0.2, 0) is 9.59 Å². The number of allylic oxidation sites excluding steroid dienone is 1. The summed E-state index contributed by atoms with van der Waals surface area (Å²) in [4.78, 5) is 21.6. The van der Waals surface area contributed by atoms with Crippen LogP contribution in [0, 0.1) is 0 Å². The predicted molar refractivity (Wildman–Crippen MR) is 45.9 cm³/mol. The maximum absolute atomic E-state index is 11.1. The molecule has 0 radical (unpaired) electrons. The van der Waals surface area contributed by atoms with Crippen molar-refractivity contribution < 1.29 is 14.7 Å². The minimum atomic E-state index is -1.12. The zero-order chi connectivity index (χ0) is 9.56. The van der Waals surface area contributed by atoms with Crippen LogP contribution in [0.3, 0.4) is 0 Å². The normalized spacial score (nSPS) is 11.3. The molecule has 3 heteroatoms. The van der Waals surface area contributed by atoms with Crippen LogP contribution >= 0.6 is 0 Å². The lowest BCUT2D eigenvalue weighted by Gasteiger charge is -1.98. The number of aliphatic carboxylic acids is 1. The lowest BCUT2D eigenvalue weighted by Crippen LogP contribution is -2.11. The van der Waals surface area contributed by atoms with E-state index in [2.05, 4.69) is 0 Å². The van der Waals surface area contributed by atoms with Crippen molar-refractivity contribution in [2.75, 3.05) is 0 Å². The van der Waals surface area contributed by atoms with Crippen LogP contribution in [0.2, 0.25) is 0 Å². The van der Waals surface area contributed by atoms with Gasteiger partial charge in [0.1, 0.15) is 0 Å². The van der Waals surface area contributed by atoms with Gasteiger partial charge in [0.25, 0.3) is 0 Å². The van der Waals surface area contributed by atoms with Crippen LogP contribution in [0.5, 0.6) is 0 Å². The summed E-state index contributed by atoms with van der Waals surface area (Å²) in [5.41, 5.74) is -0.0700. The van der Waals surface area contributed by atoms with Gasteiger partial charge in [-0.3, -0.25) is 4.79 Å². The highest BCUT2D eigenvalue weighted by atomic mass is 16.4. The van der Waals surface area contributed by atoms with Crippen molar-refractivity contribution in [1.29, 1.82) is 0 Å². The van der Waals surface area contributed by atoms with E-state index in [1.165, 1.54) is 6.08 Å². The first-order valence-electron chi connectivity index (χ1n) is 4.10. The Morgan fingerprint density at radius 3 is 2.25 bits per heavy atom. The number of carboxylic acid groups (broad SMARTS) is 1. The third kappa shape index (κ3) is 3.32. The molecule has 0 aromatic carbocycles. The van der Waals surface area contributed by atoms with Crippen molar-refractivity contribution in [3.05, 3.63) is 11.6 Å². The summed E-state index contributed by atoms with van der Waals surface area (Å²) in [6, 6.07) is 0. The van der Waals surface area contributed by atoms with E-state index in [-0.39, 0.29) is 11.4 Å². The molecule has 1 N–H and O–H groups in total. The second kappa shape index (κ2) is 5.52. The van der Waals surface area contributed by atoms with Gasteiger partial charge in [0.2, 0.25) is 0 Å². The Kier molecular flexibility index (Phi) is 5.00. The maximum Gasteiger partial charge on any atom is 0.338 e. The fourth-order valence-corrected chi connectivity index (χ4v) is 0.886. The molecule has 0 heterocycles. The Morgan fingerprint density at radius 2 is 1.92 bits per heavy atom. The summed E-state index contributed by atoms with van der Waals surface area (Å²) >= 11 is 0. The first-order valence-corrected chi connectivity index (χ1v) is 4.10. The van der Waals surface area contributed by atoms with E-state index in [1.54, 1.807) is 0 Å². The third-order valence-electron chi connectivity index (χ3n) is 1.42. The van der Waals surface area contributed by atoms with E-state index in [9.17, 15) is 9.59 Å². The largest absolute Gasteiger partial charge is 0.478 e. The van der Waals surface area contributed by atoms with Crippen LogP contribution in [0.25, 0.3) is 0 Å². The lowest BCUT2D eigenvalue weighted by molar-refractivity contribution is -0.134. The van der Waals surface area contributed by atoms with Gasteiger partial charge in [0.15, 0.2) is 5.78 Å². The van der Waals surface area contributed by atoms with Crippen LogP contribution < -0.4 is 0 Å². The van der Waals surface area contributed by atoms with Gasteiger partial charge in [0.05, 0.1) is 5.57 Å². The van der Waals surface area contributed by atoms with Crippen molar-refractivity contribution in [3.8, 4) is 0 Å². The highest BCUT2D eigenvalue weighted by molar-refractivity contribution is 6.16. The molecule has 0 bridgehead atoms. The molecule has 0 spiro atoms. The van der Waals surface area contributed by atoms with Gasteiger partial charge in [-0.05, 0) is 12.8 Å². The molecule has 68 valence electrons. The van der Waals surface area contributed by atoms with Crippen LogP contribution in [0.4, 0.5) is 0 Å². The predicted octanol–water partition coefficient (Wildman–Crippen LogP) is 1.78. The number of carbonyl (C=O) groups is 2. The summed E-state index contributed by atoms with van der Waals surface area (Å²) in [6.07, 6.45) is 3.04. The summed E-state index contributed by atoms with van der Waals surface area (Å²) in [5.74, 6) is -1.39. The SMILES string of the molecule is CCC=C(C(=O)O)C(=O)CCC. The first-order chi connectivity index (χ1) is 5.63. The average molecular weight is 170 g/mol. The van der Waals surface area contributed by atoms with Crippen molar-refractivity contribution in [2.24, 2.45) is 0 Å². The molecule has 3 nitrogen and oxygen atoms in total. The monoisotopic (exact) mass is 170 g/mol. The minimum Gasteiger partial charge on any atom is -0.478 e. The molecule has 0 unspecified atom stereocenters. The standard InChI is InChI=1S/C9H14O3/c1-3-5-7(9(11)12)8(10)6-4-2/h5H,3-4,6H2,1-2H3,(H,11,12). The Balaban J connectivity index is 4.41. The summed E-state index contributed by atoms with van der Waals surface area (Å²) < 4.78 is 0. The minimum absolute atomic E-state index is 0.0700.